The maximum absolute atomic E-state index is 12.2. The zero-order chi connectivity index (χ0) is 17.1. The fourth-order valence-electron chi connectivity index (χ4n) is 3.11. The molecule has 1 fully saturated rings. The summed E-state index contributed by atoms with van der Waals surface area (Å²) in [5.74, 6) is 0.533. The number of carbonyl (C=O) groups is 1. The maximum Gasteiger partial charge on any atom is 0.246 e. The minimum absolute atomic E-state index is 0.116. The van der Waals surface area contributed by atoms with Crippen molar-refractivity contribution in [2.24, 2.45) is 0 Å². The quantitative estimate of drug-likeness (QED) is 0.805. The monoisotopic (exact) mass is 327 g/mol. The number of nitrogens with zero attached hydrogens (tertiary/aromatic N) is 5. The number of fused-ring (bicyclic) bond motifs is 1. The van der Waals surface area contributed by atoms with Crippen molar-refractivity contribution in [2.75, 3.05) is 33.7 Å². The zero-order valence-corrected chi connectivity index (χ0v) is 14.6. The van der Waals surface area contributed by atoms with Crippen LogP contribution >= 0.6 is 0 Å². The Bertz CT molecular complexity index is 741. The van der Waals surface area contributed by atoms with Gasteiger partial charge in [0, 0.05) is 49.6 Å². The van der Waals surface area contributed by atoms with Crippen LogP contribution < -0.4 is 0 Å². The Morgan fingerprint density at radius 3 is 2.83 bits per heavy atom. The van der Waals surface area contributed by atoms with Crippen molar-refractivity contribution < 1.29 is 4.79 Å². The lowest BCUT2D eigenvalue weighted by Crippen LogP contribution is -2.37. The van der Waals surface area contributed by atoms with Crippen LogP contribution in [0, 0.1) is 6.92 Å². The lowest BCUT2D eigenvalue weighted by atomic mass is 9.93. The van der Waals surface area contributed by atoms with Gasteiger partial charge in [0.15, 0.2) is 5.65 Å². The Morgan fingerprint density at radius 2 is 2.12 bits per heavy atom. The van der Waals surface area contributed by atoms with E-state index in [1.54, 1.807) is 6.08 Å². The Morgan fingerprint density at radius 1 is 1.38 bits per heavy atom. The van der Waals surface area contributed by atoms with Crippen LogP contribution in [0.4, 0.5) is 0 Å². The SMILES string of the molecule is Cc1cc2nc(C3CCN(C(=O)/C=C/CN(C)C)CC3)ccn2n1. The molecule has 1 amide bonds. The molecule has 1 aliphatic heterocycles. The van der Waals surface area contributed by atoms with Crippen LogP contribution in [0.2, 0.25) is 0 Å². The Labute approximate surface area is 142 Å². The van der Waals surface area contributed by atoms with Crippen LogP contribution in [0.5, 0.6) is 0 Å². The van der Waals surface area contributed by atoms with Gasteiger partial charge < -0.3 is 9.80 Å². The largest absolute Gasteiger partial charge is 0.339 e. The number of likely N-dealkylation sites (tertiary alicyclic amines) is 1. The third kappa shape index (κ3) is 3.82. The van der Waals surface area contributed by atoms with Crippen molar-refractivity contribution in [3.63, 3.8) is 0 Å². The minimum Gasteiger partial charge on any atom is -0.339 e. The summed E-state index contributed by atoms with van der Waals surface area (Å²) in [5.41, 5.74) is 2.98. The number of amides is 1. The van der Waals surface area contributed by atoms with Gasteiger partial charge in [0.25, 0.3) is 0 Å². The third-order valence-corrected chi connectivity index (χ3v) is 4.42. The number of rotatable bonds is 4. The lowest BCUT2D eigenvalue weighted by Gasteiger charge is -2.31. The second-order valence-electron chi connectivity index (χ2n) is 6.71. The average Bonchev–Trinajstić information content (AvgIpc) is 2.93. The van der Waals surface area contributed by atoms with E-state index in [1.807, 2.05) is 53.7 Å². The fourth-order valence-corrected chi connectivity index (χ4v) is 3.11. The number of piperidine rings is 1. The van der Waals surface area contributed by atoms with Crippen LogP contribution in [-0.4, -0.2) is 64.0 Å². The molecule has 0 bridgehead atoms. The maximum atomic E-state index is 12.2. The smallest absolute Gasteiger partial charge is 0.246 e. The summed E-state index contributed by atoms with van der Waals surface area (Å²) < 4.78 is 1.81. The van der Waals surface area contributed by atoms with Gasteiger partial charge in [-0.1, -0.05) is 6.08 Å². The van der Waals surface area contributed by atoms with Gasteiger partial charge in [0.05, 0.1) is 5.69 Å². The van der Waals surface area contributed by atoms with Crippen molar-refractivity contribution in [3.8, 4) is 0 Å². The number of hydrogen-bond acceptors (Lipinski definition) is 4. The second kappa shape index (κ2) is 7.13. The predicted molar refractivity (Wildman–Crippen MR) is 94.0 cm³/mol. The topological polar surface area (TPSA) is 53.7 Å². The predicted octanol–water partition coefficient (Wildman–Crippen LogP) is 1.86. The van der Waals surface area contributed by atoms with Crippen molar-refractivity contribution >= 4 is 11.6 Å². The van der Waals surface area contributed by atoms with Crippen molar-refractivity contribution in [1.29, 1.82) is 0 Å². The summed E-state index contributed by atoms with van der Waals surface area (Å²) >= 11 is 0. The summed E-state index contributed by atoms with van der Waals surface area (Å²) in [6.45, 7) is 4.35. The first-order chi connectivity index (χ1) is 11.5. The van der Waals surface area contributed by atoms with E-state index in [-0.39, 0.29) is 5.91 Å². The van der Waals surface area contributed by atoms with Crippen LogP contribution in [0.3, 0.4) is 0 Å². The van der Waals surface area contributed by atoms with Crippen LogP contribution in [0.15, 0.2) is 30.5 Å². The molecule has 0 aromatic carbocycles. The molecule has 1 aliphatic rings. The van der Waals surface area contributed by atoms with Gasteiger partial charge in [-0.15, -0.1) is 0 Å². The molecule has 0 N–H and O–H groups in total. The Kier molecular flexibility index (Phi) is 4.94. The van der Waals surface area contributed by atoms with Gasteiger partial charge in [-0.25, -0.2) is 9.50 Å². The molecule has 3 rings (SSSR count). The molecule has 2 aromatic heterocycles. The van der Waals surface area contributed by atoms with E-state index in [9.17, 15) is 4.79 Å². The van der Waals surface area contributed by atoms with Gasteiger partial charge in [0.1, 0.15) is 0 Å². The molecule has 6 nitrogen and oxygen atoms in total. The number of aryl methyl sites for hydroxylation is 1. The van der Waals surface area contributed by atoms with Crippen molar-refractivity contribution in [3.05, 3.63) is 41.9 Å². The number of carbonyl (C=O) groups excluding carboxylic acids is 1. The summed E-state index contributed by atoms with van der Waals surface area (Å²) in [7, 11) is 3.98. The highest BCUT2D eigenvalue weighted by Gasteiger charge is 2.23. The molecule has 1 saturated heterocycles. The van der Waals surface area contributed by atoms with Gasteiger partial charge in [-0.3, -0.25) is 4.79 Å². The van der Waals surface area contributed by atoms with Gasteiger partial charge in [-0.2, -0.15) is 5.10 Å². The fraction of sp³-hybridized carbons (Fsp3) is 0.500. The standard InChI is InChI=1S/C18H25N5O/c1-14-13-17-19-16(8-12-23(17)20-14)15-6-10-22(11-7-15)18(24)5-4-9-21(2)3/h4-5,8,12-13,15H,6-7,9-11H2,1-3H3/b5-4+. The average molecular weight is 327 g/mol. The molecule has 128 valence electrons. The highest BCUT2D eigenvalue weighted by molar-refractivity contribution is 5.87. The lowest BCUT2D eigenvalue weighted by molar-refractivity contribution is -0.127. The molecule has 0 radical (unpaired) electrons. The molecule has 0 aliphatic carbocycles. The molecule has 6 heteroatoms. The summed E-state index contributed by atoms with van der Waals surface area (Å²) in [6, 6.07) is 4.05. The van der Waals surface area contributed by atoms with Crippen LogP contribution in [0.1, 0.15) is 30.1 Å². The third-order valence-electron chi connectivity index (χ3n) is 4.42. The van der Waals surface area contributed by atoms with Crippen molar-refractivity contribution in [2.45, 2.75) is 25.7 Å². The summed E-state index contributed by atoms with van der Waals surface area (Å²) in [5, 5.41) is 4.37. The first-order valence-corrected chi connectivity index (χ1v) is 8.46. The van der Waals surface area contributed by atoms with E-state index in [4.69, 9.17) is 4.98 Å². The first kappa shape index (κ1) is 16.6. The molecule has 0 atom stereocenters. The highest BCUT2D eigenvalue weighted by atomic mass is 16.2. The summed E-state index contributed by atoms with van der Waals surface area (Å²) in [4.78, 5) is 20.9. The Balaban J connectivity index is 1.59. The highest BCUT2D eigenvalue weighted by Crippen LogP contribution is 2.27. The minimum atomic E-state index is 0.116. The van der Waals surface area contributed by atoms with Crippen LogP contribution in [0.25, 0.3) is 5.65 Å². The van der Waals surface area contributed by atoms with E-state index in [2.05, 4.69) is 11.2 Å². The van der Waals surface area contributed by atoms with Crippen LogP contribution in [-0.2, 0) is 4.79 Å². The molecule has 0 saturated carbocycles. The normalized spacial score (nSPS) is 16.6. The molecule has 2 aromatic rings. The van der Waals surface area contributed by atoms with E-state index in [0.29, 0.717) is 5.92 Å². The zero-order valence-electron chi connectivity index (χ0n) is 14.6. The van der Waals surface area contributed by atoms with Gasteiger partial charge in [-0.05, 0) is 39.9 Å². The molecule has 24 heavy (non-hydrogen) atoms. The van der Waals surface area contributed by atoms with Crippen molar-refractivity contribution in [1.82, 2.24) is 24.4 Å². The van der Waals surface area contributed by atoms with E-state index in [0.717, 1.165) is 49.5 Å². The molecule has 0 spiro atoms. The molecule has 0 unspecified atom stereocenters. The second-order valence-corrected chi connectivity index (χ2v) is 6.71. The number of hydrogen-bond donors (Lipinski definition) is 0. The summed E-state index contributed by atoms with van der Waals surface area (Å²) in [6.07, 6.45) is 7.52. The first-order valence-electron chi connectivity index (χ1n) is 8.46. The van der Waals surface area contributed by atoms with E-state index >= 15 is 0 Å². The van der Waals surface area contributed by atoms with E-state index in [1.165, 1.54) is 0 Å². The molecular weight excluding hydrogens is 302 g/mol. The van der Waals surface area contributed by atoms with Gasteiger partial charge >= 0.3 is 0 Å². The molecule has 3 heterocycles. The van der Waals surface area contributed by atoms with Gasteiger partial charge in [0.2, 0.25) is 5.91 Å². The molecular formula is C18H25N5O. The van der Waals surface area contributed by atoms with E-state index < -0.39 is 0 Å². The number of likely N-dealkylation sites (N-methyl/N-ethyl adjacent to an activating group) is 1. The number of aromatic nitrogens is 3. The Hall–Kier alpha value is -2.21.